The monoisotopic (exact) mass is 322 g/mol. The molecule has 0 saturated heterocycles. The molecule has 114 valence electrons. The van der Waals surface area contributed by atoms with Gasteiger partial charge in [-0.2, -0.15) is 19.9 Å². The van der Waals surface area contributed by atoms with Crippen molar-refractivity contribution in [3.63, 3.8) is 0 Å². The SMILES string of the molecule is COC(=O)c1cc(NS(=O)(=O)c2cnn3ncccc23)n[nH]1. The van der Waals surface area contributed by atoms with Crippen molar-refractivity contribution in [2.45, 2.75) is 4.90 Å². The second-order valence-corrected chi connectivity index (χ2v) is 5.82. The van der Waals surface area contributed by atoms with Gasteiger partial charge in [-0.05, 0) is 12.1 Å². The number of sulfonamides is 1. The molecule has 0 unspecified atom stereocenters. The maximum absolute atomic E-state index is 12.4. The van der Waals surface area contributed by atoms with E-state index in [1.54, 1.807) is 12.1 Å². The van der Waals surface area contributed by atoms with Crippen molar-refractivity contribution in [2.24, 2.45) is 0 Å². The highest BCUT2D eigenvalue weighted by Gasteiger charge is 2.22. The molecule has 0 aliphatic rings. The number of H-pyrrole nitrogens is 1. The Bertz CT molecular complexity index is 944. The fourth-order valence-corrected chi connectivity index (χ4v) is 2.90. The van der Waals surface area contributed by atoms with Crippen LogP contribution in [0.1, 0.15) is 10.5 Å². The summed E-state index contributed by atoms with van der Waals surface area (Å²) >= 11 is 0. The average Bonchev–Trinajstić information content (AvgIpc) is 3.12. The maximum Gasteiger partial charge on any atom is 0.356 e. The van der Waals surface area contributed by atoms with Crippen LogP contribution in [-0.2, 0) is 14.8 Å². The molecule has 0 fully saturated rings. The van der Waals surface area contributed by atoms with Gasteiger partial charge in [-0.25, -0.2) is 13.2 Å². The molecule has 0 atom stereocenters. The quantitative estimate of drug-likeness (QED) is 0.648. The van der Waals surface area contributed by atoms with Gasteiger partial charge in [0.15, 0.2) is 5.82 Å². The van der Waals surface area contributed by atoms with Crippen molar-refractivity contribution in [1.29, 1.82) is 0 Å². The van der Waals surface area contributed by atoms with Crippen molar-refractivity contribution in [1.82, 2.24) is 25.0 Å². The summed E-state index contributed by atoms with van der Waals surface area (Å²) in [5.74, 6) is -0.693. The Balaban J connectivity index is 1.94. The molecule has 0 spiro atoms. The van der Waals surface area contributed by atoms with E-state index in [-0.39, 0.29) is 16.4 Å². The molecule has 11 heteroatoms. The van der Waals surface area contributed by atoms with E-state index < -0.39 is 16.0 Å². The predicted molar refractivity (Wildman–Crippen MR) is 73.7 cm³/mol. The first kappa shape index (κ1) is 14.0. The Hall–Kier alpha value is -2.95. The smallest absolute Gasteiger partial charge is 0.356 e. The number of anilines is 1. The molecule has 0 amide bonds. The lowest BCUT2D eigenvalue weighted by atomic mass is 10.4. The first-order valence-electron chi connectivity index (χ1n) is 5.97. The Kier molecular flexibility index (Phi) is 3.25. The van der Waals surface area contributed by atoms with Crippen molar-refractivity contribution in [2.75, 3.05) is 11.8 Å². The minimum Gasteiger partial charge on any atom is -0.464 e. The third kappa shape index (κ3) is 2.37. The number of aromatic amines is 1. The molecule has 0 radical (unpaired) electrons. The van der Waals surface area contributed by atoms with Crippen molar-refractivity contribution >= 4 is 27.3 Å². The van der Waals surface area contributed by atoms with Crippen molar-refractivity contribution < 1.29 is 17.9 Å². The Morgan fingerprint density at radius 3 is 3.00 bits per heavy atom. The zero-order chi connectivity index (χ0) is 15.7. The van der Waals surface area contributed by atoms with E-state index in [9.17, 15) is 13.2 Å². The van der Waals surface area contributed by atoms with Gasteiger partial charge in [-0.3, -0.25) is 9.82 Å². The predicted octanol–water partition coefficient (Wildman–Crippen LogP) is 0.0398. The number of nitrogens with one attached hydrogen (secondary N) is 2. The minimum atomic E-state index is -3.92. The van der Waals surface area contributed by atoms with E-state index in [1.807, 2.05) is 0 Å². The summed E-state index contributed by atoms with van der Waals surface area (Å²) in [6.45, 7) is 0. The number of ether oxygens (including phenoxy) is 1. The summed E-state index contributed by atoms with van der Waals surface area (Å²) in [4.78, 5) is 11.3. The fraction of sp³-hybridized carbons (Fsp3) is 0.0909. The third-order valence-corrected chi connectivity index (χ3v) is 4.15. The van der Waals surface area contributed by atoms with Gasteiger partial charge in [0.25, 0.3) is 10.0 Å². The summed E-state index contributed by atoms with van der Waals surface area (Å²) in [5, 5.41) is 13.8. The topological polar surface area (TPSA) is 131 Å². The molecule has 3 aromatic heterocycles. The molecule has 3 heterocycles. The molecule has 0 aromatic carbocycles. The van der Waals surface area contributed by atoms with Crippen LogP contribution in [0.3, 0.4) is 0 Å². The second kappa shape index (κ2) is 5.11. The van der Waals surface area contributed by atoms with E-state index in [1.165, 1.54) is 30.2 Å². The summed E-state index contributed by atoms with van der Waals surface area (Å²) in [7, 11) is -2.72. The minimum absolute atomic E-state index is 0.0294. The van der Waals surface area contributed by atoms with Crippen LogP contribution >= 0.6 is 0 Å². The lowest BCUT2D eigenvalue weighted by molar-refractivity contribution is 0.0594. The number of methoxy groups -OCH3 is 1. The zero-order valence-electron chi connectivity index (χ0n) is 11.2. The number of esters is 1. The van der Waals surface area contributed by atoms with Gasteiger partial charge in [0.05, 0.1) is 13.3 Å². The van der Waals surface area contributed by atoms with Crippen LogP contribution in [0.5, 0.6) is 0 Å². The van der Waals surface area contributed by atoms with Crippen LogP contribution in [0.4, 0.5) is 5.82 Å². The third-order valence-electron chi connectivity index (χ3n) is 2.78. The van der Waals surface area contributed by atoms with Crippen molar-refractivity contribution in [3.05, 3.63) is 36.3 Å². The first-order valence-corrected chi connectivity index (χ1v) is 7.45. The number of hydrogen-bond donors (Lipinski definition) is 2. The number of hydrogen-bond acceptors (Lipinski definition) is 7. The van der Waals surface area contributed by atoms with E-state index in [2.05, 4.69) is 29.9 Å². The Morgan fingerprint density at radius 1 is 1.41 bits per heavy atom. The molecule has 3 rings (SSSR count). The number of carbonyl (C=O) groups is 1. The summed E-state index contributed by atoms with van der Waals surface area (Å²) in [6.07, 6.45) is 2.67. The van der Waals surface area contributed by atoms with Gasteiger partial charge in [0.2, 0.25) is 0 Å². The first-order chi connectivity index (χ1) is 10.5. The normalized spacial score (nSPS) is 11.5. The van der Waals surface area contributed by atoms with Crippen LogP contribution in [0.15, 0.2) is 35.5 Å². The highest BCUT2D eigenvalue weighted by molar-refractivity contribution is 7.93. The largest absolute Gasteiger partial charge is 0.464 e. The molecular weight excluding hydrogens is 312 g/mol. The van der Waals surface area contributed by atoms with Crippen LogP contribution in [-0.4, -0.2) is 46.5 Å². The average molecular weight is 322 g/mol. The molecule has 3 aromatic rings. The summed E-state index contributed by atoms with van der Waals surface area (Å²) < 4.78 is 32.7. The van der Waals surface area contributed by atoms with Gasteiger partial charge in [0.1, 0.15) is 16.1 Å². The lowest BCUT2D eigenvalue weighted by Gasteiger charge is -2.02. The highest BCUT2D eigenvalue weighted by atomic mass is 32.2. The van der Waals surface area contributed by atoms with Crippen LogP contribution in [0.2, 0.25) is 0 Å². The van der Waals surface area contributed by atoms with Gasteiger partial charge < -0.3 is 4.74 Å². The van der Waals surface area contributed by atoms with E-state index >= 15 is 0 Å². The molecule has 2 N–H and O–H groups in total. The number of rotatable bonds is 4. The second-order valence-electron chi connectivity index (χ2n) is 4.17. The summed E-state index contributed by atoms with van der Waals surface area (Å²) in [6, 6.07) is 4.40. The Morgan fingerprint density at radius 2 is 2.23 bits per heavy atom. The molecule has 0 bridgehead atoms. The molecule has 10 nitrogen and oxygen atoms in total. The maximum atomic E-state index is 12.4. The molecule has 0 aliphatic heterocycles. The fourth-order valence-electron chi connectivity index (χ4n) is 1.80. The van der Waals surface area contributed by atoms with Crippen molar-refractivity contribution in [3.8, 4) is 0 Å². The zero-order valence-corrected chi connectivity index (χ0v) is 12.0. The van der Waals surface area contributed by atoms with Gasteiger partial charge in [-0.15, -0.1) is 0 Å². The molecule has 22 heavy (non-hydrogen) atoms. The number of carbonyl (C=O) groups excluding carboxylic acids is 1. The lowest BCUT2D eigenvalue weighted by Crippen LogP contribution is -2.13. The summed E-state index contributed by atoms with van der Waals surface area (Å²) in [5.41, 5.74) is 0.348. The highest BCUT2D eigenvalue weighted by Crippen LogP contribution is 2.19. The Labute approximate surface area is 124 Å². The van der Waals surface area contributed by atoms with Crippen LogP contribution in [0, 0.1) is 0 Å². The molecule has 0 aliphatic carbocycles. The molecular formula is C11H10N6O4S. The van der Waals surface area contributed by atoms with E-state index in [0.29, 0.717) is 5.52 Å². The van der Waals surface area contributed by atoms with Crippen LogP contribution in [0.25, 0.3) is 5.52 Å². The van der Waals surface area contributed by atoms with E-state index in [0.717, 1.165) is 0 Å². The van der Waals surface area contributed by atoms with E-state index in [4.69, 9.17) is 0 Å². The van der Waals surface area contributed by atoms with Gasteiger partial charge >= 0.3 is 5.97 Å². The van der Waals surface area contributed by atoms with Gasteiger partial charge in [-0.1, -0.05) is 0 Å². The number of aromatic nitrogens is 5. The van der Waals surface area contributed by atoms with Gasteiger partial charge in [0, 0.05) is 12.3 Å². The molecule has 0 saturated carbocycles. The standard InChI is InChI=1S/C11H10N6O4S/c1-21-11(18)7-5-10(15-14-7)16-22(19,20)9-6-13-17-8(9)3-2-4-12-17/h2-6H,1H3,(H2,14,15,16). The number of nitrogens with zero attached hydrogens (tertiary/aromatic N) is 4. The number of fused-ring (bicyclic) bond motifs is 1. The van der Waals surface area contributed by atoms with Crippen LogP contribution < -0.4 is 4.72 Å².